The summed E-state index contributed by atoms with van der Waals surface area (Å²) in [5, 5.41) is 7.06. The smallest absolute Gasteiger partial charge is 0.319 e. The highest BCUT2D eigenvalue weighted by Gasteiger charge is 2.27. The fraction of sp³-hybridized carbons (Fsp3) is 0.360. The second kappa shape index (κ2) is 9.80. The first-order valence-corrected chi connectivity index (χ1v) is 12.0. The van der Waals surface area contributed by atoms with Crippen LogP contribution in [0.25, 0.3) is 21.7 Å². The van der Waals surface area contributed by atoms with Crippen LogP contribution in [0.2, 0.25) is 0 Å². The van der Waals surface area contributed by atoms with E-state index in [-0.39, 0.29) is 18.1 Å². The molecule has 2 atom stereocenters. The second-order valence-corrected chi connectivity index (χ2v) is 9.59. The predicted molar refractivity (Wildman–Crippen MR) is 136 cm³/mol. The van der Waals surface area contributed by atoms with Gasteiger partial charge in [-0.3, -0.25) is 15.3 Å². The summed E-state index contributed by atoms with van der Waals surface area (Å²) < 4.78 is 0. The predicted octanol–water partition coefficient (Wildman–Crippen LogP) is 4.75. The molecule has 33 heavy (non-hydrogen) atoms. The fourth-order valence-corrected chi connectivity index (χ4v) is 5.08. The molecular weight excluding hydrogens is 432 g/mol. The van der Waals surface area contributed by atoms with E-state index in [1.54, 1.807) is 7.05 Å². The highest BCUT2D eigenvalue weighted by molar-refractivity contribution is 7.19. The van der Waals surface area contributed by atoms with Crippen molar-refractivity contribution in [2.24, 2.45) is 4.99 Å². The van der Waals surface area contributed by atoms with Gasteiger partial charge in [0.15, 0.2) is 5.13 Å². The highest BCUT2D eigenvalue weighted by atomic mass is 32.1. The Morgan fingerprint density at radius 3 is 2.67 bits per heavy atom. The van der Waals surface area contributed by atoms with Gasteiger partial charge in [-0.15, -0.1) is 0 Å². The first-order chi connectivity index (χ1) is 15.8. The number of thiazole rings is 1. The Bertz CT molecular complexity index is 1170. The van der Waals surface area contributed by atoms with E-state index in [1.807, 2.05) is 43.2 Å². The van der Waals surface area contributed by atoms with Gasteiger partial charge in [-0.05, 0) is 57.0 Å². The van der Waals surface area contributed by atoms with Crippen molar-refractivity contribution < 1.29 is 4.79 Å². The number of benzene rings is 1. The zero-order chi connectivity index (χ0) is 23.5. The van der Waals surface area contributed by atoms with Crippen LogP contribution >= 0.6 is 11.3 Å². The normalized spacial score (nSPS) is 18.6. The van der Waals surface area contributed by atoms with E-state index in [4.69, 9.17) is 4.98 Å². The van der Waals surface area contributed by atoms with Crippen molar-refractivity contribution in [3.63, 3.8) is 0 Å². The van der Waals surface area contributed by atoms with Gasteiger partial charge in [0.2, 0.25) is 0 Å². The number of amides is 2. The van der Waals surface area contributed by atoms with Crippen molar-refractivity contribution in [1.29, 1.82) is 0 Å². The third-order valence-electron chi connectivity index (χ3n) is 5.65. The number of urea groups is 1. The summed E-state index contributed by atoms with van der Waals surface area (Å²) in [6, 6.07) is 12.5. The molecule has 1 aliphatic heterocycles. The zero-order valence-electron chi connectivity index (χ0n) is 19.7. The number of pyridine rings is 1. The summed E-state index contributed by atoms with van der Waals surface area (Å²) in [5.41, 5.74) is 5.77. The Morgan fingerprint density at radius 2 is 1.94 bits per heavy atom. The maximum absolute atomic E-state index is 13.1. The molecule has 3 aromatic rings. The Morgan fingerprint density at radius 1 is 1.18 bits per heavy atom. The molecule has 2 aromatic heterocycles. The van der Waals surface area contributed by atoms with Crippen LogP contribution in [0.1, 0.15) is 30.8 Å². The molecule has 1 aromatic carbocycles. The van der Waals surface area contributed by atoms with Gasteiger partial charge < -0.3 is 10.2 Å². The van der Waals surface area contributed by atoms with Gasteiger partial charge in [-0.25, -0.2) is 9.78 Å². The minimum absolute atomic E-state index is 0.114. The molecule has 0 saturated carbocycles. The lowest BCUT2D eigenvalue weighted by atomic mass is 10.0. The Balaban J connectivity index is 1.74. The van der Waals surface area contributed by atoms with Crippen LogP contribution in [0.5, 0.6) is 0 Å². The quantitative estimate of drug-likeness (QED) is 0.548. The maximum atomic E-state index is 13.1. The number of piperazine rings is 1. The molecule has 0 spiro atoms. The summed E-state index contributed by atoms with van der Waals surface area (Å²) >= 11 is 1.49. The SMILES string of the molecule is C/N=C\c1cccc(-c2nc(NC(=O)N3C[C@@H](C)NC[C@@H]3C)sc2-c2cc(C)nc(C)c2)c1. The number of anilines is 1. The minimum Gasteiger partial charge on any atom is -0.319 e. The summed E-state index contributed by atoms with van der Waals surface area (Å²) in [7, 11) is 1.76. The summed E-state index contributed by atoms with van der Waals surface area (Å²) in [6.45, 7) is 9.58. The molecule has 0 unspecified atom stereocenters. The van der Waals surface area contributed by atoms with E-state index in [0.717, 1.165) is 45.2 Å². The molecule has 8 heteroatoms. The largest absolute Gasteiger partial charge is 0.323 e. The number of aromatic nitrogens is 2. The van der Waals surface area contributed by atoms with Gasteiger partial charge >= 0.3 is 6.03 Å². The van der Waals surface area contributed by atoms with E-state index in [2.05, 4.69) is 52.7 Å². The molecule has 2 amide bonds. The van der Waals surface area contributed by atoms with E-state index in [0.29, 0.717) is 11.7 Å². The van der Waals surface area contributed by atoms with Crippen LogP contribution in [-0.2, 0) is 0 Å². The number of aliphatic imine (C=N–C) groups is 1. The van der Waals surface area contributed by atoms with Gasteiger partial charge in [0, 0.05) is 55.4 Å². The number of hydrogen-bond donors (Lipinski definition) is 2. The van der Waals surface area contributed by atoms with Crippen LogP contribution in [0.15, 0.2) is 41.4 Å². The summed E-state index contributed by atoms with van der Waals surface area (Å²) in [4.78, 5) is 29.5. The first kappa shape index (κ1) is 23.1. The second-order valence-electron chi connectivity index (χ2n) is 8.59. The van der Waals surface area contributed by atoms with Crippen molar-refractivity contribution in [1.82, 2.24) is 20.2 Å². The van der Waals surface area contributed by atoms with Crippen molar-refractivity contribution >= 4 is 28.7 Å². The molecule has 4 rings (SSSR count). The molecule has 172 valence electrons. The number of aryl methyl sites for hydroxylation is 2. The van der Waals surface area contributed by atoms with Crippen LogP contribution < -0.4 is 10.6 Å². The Labute approximate surface area is 199 Å². The van der Waals surface area contributed by atoms with Gasteiger partial charge in [-0.1, -0.05) is 29.5 Å². The molecule has 1 fully saturated rings. The Kier molecular flexibility index (Phi) is 6.85. The molecule has 2 N–H and O–H groups in total. The van der Waals surface area contributed by atoms with E-state index < -0.39 is 0 Å². The lowest BCUT2D eigenvalue weighted by Crippen LogP contribution is -2.57. The number of nitrogens with one attached hydrogen (secondary N) is 2. The summed E-state index contributed by atoms with van der Waals surface area (Å²) in [5.74, 6) is 0. The topological polar surface area (TPSA) is 82.5 Å². The molecule has 0 aliphatic carbocycles. The molecule has 3 heterocycles. The van der Waals surface area contributed by atoms with Crippen molar-refractivity contribution in [3.8, 4) is 21.7 Å². The standard InChI is InChI=1S/C25H30N6OS/c1-15-9-21(10-16(2)28-15)23-22(20-8-6-7-19(11-20)13-26-5)29-24(33-23)30-25(32)31-14-17(3)27-12-18(31)4/h6-11,13,17-18,27H,12,14H2,1-5H3,(H,29,30,32)/b26-13-/t17-,18+/m1/s1. The average Bonchev–Trinajstić information content (AvgIpc) is 3.19. The lowest BCUT2D eigenvalue weighted by Gasteiger charge is -2.37. The Hall–Kier alpha value is -3.10. The molecule has 1 aliphatic rings. The van der Waals surface area contributed by atoms with Crippen LogP contribution in [0.3, 0.4) is 0 Å². The van der Waals surface area contributed by atoms with Crippen molar-refractivity contribution in [2.75, 3.05) is 25.5 Å². The van der Waals surface area contributed by atoms with Crippen molar-refractivity contribution in [2.45, 2.75) is 39.8 Å². The van der Waals surface area contributed by atoms with E-state index in [1.165, 1.54) is 11.3 Å². The molecule has 1 saturated heterocycles. The number of carbonyl (C=O) groups is 1. The molecule has 0 radical (unpaired) electrons. The number of hydrogen-bond acceptors (Lipinski definition) is 6. The van der Waals surface area contributed by atoms with E-state index >= 15 is 0 Å². The molecular formula is C25H30N6OS. The van der Waals surface area contributed by atoms with Crippen molar-refractivity contribution in [3.05, 3.63) is 53.3 Å². The van der Waals surface area contributed by atoms with Crippen LogP contribution in [-0.4, -0.2) is 59.3 Å². The van der Waals surface area contributed by atoms with Gasteiger partial charge in [0.1, 0.15) is 0 Å². The first-order valence-electron chi connectivity index (χ1n) is 11.1. The summed E-state index contributed by atoms with van der Waals surface area (Å²) in [6.07, 6.45) is 1.83. The minimum atomic E-state index is -0.114. The fourth-order valence-electron chi connectivity index (χ4n) is 4.11. The third-order valence-corrected chi connectivity index (χ3v) is 6.67. The van der Waals surface area contributed by atoms with Gasteiger partial charge in [0.05, 0.1) is 10.6 Å². The number of carbonyl (C=O) groups excluding carboxylic acids is 1. The lowest BCUT2D eigenvalue weighted by molar-refractivity contribution is 0.161. The molecule has 7 nitrogen and oxygen atoms in total. The maximum Gasteiger partial charge on any atom is 0.323 e. The van der Waals surface area contributed by atoms with E-state index in [9.17, 15) is 4.79 Å². The monoisotopic (exact) mass is 462 g/mol. The highest BCUT2D eigenvalue weighted by Crippen LogP contribution is 2.39. The van der Waals surface area contributed by atoms with Crippen LogP contribution in [0, 0.1) is 13.8 Å². The number of rotatable bonds is 4. The third kappa shape index (κ3) is 5.29. The zero-order valence-corrected chi connectivity index (χ0v) is 20.5. The van der Waals surface area contributed by atoms with Crippen LogP contribution in [0.4, 0.5) is 9.93 Å². The average molecular weight is 463 g/mol. The van der Waals surface area contributed by atoms with Gasteiger partial charge in [-0.2, -0.15) is 0 Å². The molecule has 0 bridgehead atoms. The number of nitrogens with zero attached hydrogens (tertiary/aromatic N) is 4. The van der Waals surface area contributed by atoms with Gasteiger partial charge in [0.25, 0.3) is 0 Å².